The molecule has 0 aromatic rings. The van der Waals surface area contributed by atoms with E-state index in [1.54, 1.807) is 0 Å². The van der Waals surface area contributed by atoms with Gasteiger partial charge < -0.3 is 13.9 Å². The lowest BCUT2D eigenvalue weighted by Gasteiger charge is -2.27. The summed E-state index contributed by atoms with van der Waals surface area (Å²) in [7, 11) is 0.694. The zero-order valence-electron chi connectivity index (χ0n) is 8.20. The van der Waals surface area contributed by atoms with Gasteiger partial charge in [0, 0.05) is 13.7 Å². The van der Waals surface area contributed by atoms with E-state index in [2.05, 4.69) is 0 Å². The molecule has 2 fully saturated rings. The Labute approximate surface area is 81.1 Å². The second-order valence-electron chi connectivity index (χ2n) is 3.87. The van der Waals surface area contributed by atoms with Crippen LogP contribution in [-0.4, -0.2) is 41.2 Å². The summed E-state index contributed by atoms with van der Waals surface area (Å²) in [6.07, 6.45) is 4.24. The third-order valence-corrected chi connectivity index (χ3v) is 5.78. The van der Waals surface area contributed by atoms with E-state index in [1.807, 2.05) is 7.11 Å². The summed E-state index contributed by atoms with van der Waals surface area (Å²) in [4.78, 5) is 0. The molecule has 0 aromatic carbocycles. The normalized spacial score (nSPS) is 35.8. The zero-order valence-corrected chi connectivity index (χ0v) is 9.35. The van der Waals surface area contributed by atoms with Gasteiger partial charge in [0.2, 0.25) is 9.04 Å². The van der Waals surface area contributed by atoms with Crippen molar-refractivity contribution in [1.82, 2.24) is 0 Å². The molecule has 0 radical (unpaired) electrons. The van der Waals surface area contributed by atoms with Crippen LogP contribution in [0.3, 0.4) is 0 Å². The van der Waals surface area contributed by atoms with Gasteiger partial charge in [0.15, 0.2) is 0 Å². The van der Waals surface area contributed by atoms with E-state index in [0.717, 1.165) is 19.3 Å². The monoisotopic (exact) mass is 202 g/mol. The van der Waals surface area contributed by atoms with Gasteiger partial charge in [0.05, 0.1) is 18.4 Å². The van der Waals surface area contributed by atoms with Crippen molar-refractivity contribution in [2.75, 3.05) is 20.3 Å². The van der Waals surface area contributed by atoms with Crippen molar-refractivity contribution >= 4 is 9.04 Å². The van der Waals surface area contributed by atoms with Crippen LogP contribution in [0.2, 0.25) is 6.04 Å². The summed E-state index contributed by atoms with van der Waals surface area (Å²) in [5, 5.41) is 0. The minimum Gasteiger partial charge on any atom is -0.420 e. The van der Waals surface area contributed by atoms with Crippen LogP contribution in [-0.2, 0) is 13.9 Å². The van der Waals surface area contributed by atoms with Gasteiger partial charge in [-0.05, 0) is 25.3 Å². The standard InChI is InChI=1S/C9H18O3Si/c1-10-13(7-8-6-12-8)9-4-2-3-5-11-9/h8-9,13H,2-7H2,1H3. The third kappa shape index (κ3) is 2.77. The van der Waals surface area contributed by atoms with Crippen LogP contribution in [0.15, 0.2) is 0 Å². The molecule has 0 saturated carbocycles. The van der Waals surface area contributed by atoms with Crippen molar-refractivity contribution in [3.05, 3.63) is 0 Å². The molecule has 0 N–H and O–H groups in total. The Kier molecular flexibility index (Phi) is 3.37. The Balaban J connectivity index is 1.78. The number of epoxide rings is 1. The third-order valence-electron chi connectivity index (χ3n) is 2.83. The van der Waals surface area contributed by atoms with Crippen LogP contribution in [0.4, 0.5) is 0 Å². The lowest BCUT2D eigenvalue weighted by molar-refractivity contribution is 0.0521. The van der Waals surface area contributed by atoms with E-state index in [4.69, 9.17) is 13.9 Å². The van der Waals surface area contributed by atoms with Crippen LogP contribution in [0.25, 0.3) is 0 Å². The average Bonchev–Trinajstić information content (AvgIpc) is 2.99. The fraction of sp³-hybridized carbons (Fsp3) is 1.00. The molecule has 0 spiro atoms. The first-order valence-electron chi connectivity index (χ1n) is 5.16. The van der Waals surface area contributed by atoms with Gasteiger partial charge in [0.1, 0.15) is 0 Å². The highest BCUT2D eigenvalue weighted by Crippen LogP contribution is 2.23. The van der Waals surface area contributed by atoms with E-state index < -0.39 is 9.04 Å². The molecule has 0 bridgehead atoms. The highest BCUT2D eigenvalue weighted by molar-refractivity contribution is 6.53. The maximum Gasteiger partial charge on any atom is 0.207 e. The second kappa shape index (κ2) is 4.55. The molecule has 2 heterocycles. The van der Waals surface area contributed by atoms with Gasteiger partial charge in [-0.25, -0.2) is 0 Å². The molecule has 2 aliphatic heterocycles. The minimum atomic E-state index is -1.14. The molecule has 0 aliphatic carbocycles. The molecule has 3 unspecified atom stereocenters. The number of hydrogen-bond acceptors (Lipinski definition) is 3. The molecule has 3 nitrogen and oxygen atoms in total. The van der Waals surface area contributed by atoms with Crippen molar-refractivity contribution in [1.29, 1.82) is 0 Å². The van der Waals surface area contributed by atoms with Crippen LogP contribution in [0.1, 0.15) is 19.3 Å². The van der Waals surface area contributed by atoms with Crippen molar-refractivity contribution in [3.63, 3.8) is 0 Å². The first-order valence-corrected chi connectivity index (χ1v) is 7.11. The SMILES string of the molecule is CO[SiH](CC1CO1)C1CCCCO1. The van der Waals surface area contributed by atoms with Gasteiger partial charge in [-0.15, -0.1) is 0 Å². The predicted molar refractivity (Wildman–Crippen MR) is 52.3 cm³/mol. The quantitative estimate of drug-likeness (QED) is 0.500. The smallest absolute Gasteiger partial charge is 0.207 e. The van der Waals surface area contributed by atoms with Crippen LogP contribution >= 0.6 is 0 Å². The first kappa shape index (κ1) is 9.64. The highest BCUT2D eigenvalue weighted by Gasteiger charge is 2.34. The fourth-order valence-electron chi connectivity index (χ4n) is 1.92. The number of rotatable bonds is 4. The van der Waals surface area contributed by atoms with Crippen molar-refractivity contribution in [3.8, 4) is 0 Å². The topological polar surface area (TPSA) is 31.0 Å². The zero-order chi connectivity index (χ0) is 9.10. The van der Waals surface area contributed by atoms with Crippen molar-refractivity contribution < 1.29 is 13.9 Å². The Hall–Kier alpha value is 0.0969. The van der Waals surface area contributed by atoms with Gasteiger partial charge in [0.25, 0.3) is 0 Å². The minimum absolute atomic E-state index is 0.447. The predicted octanol–water partition coefficient (Wildman–Crippen LogP) is 0.864. The summed E-state index contributed by atoms with van der Waals surface area (Å²) in [5.74, 6) is 0. The van der Waals surface area contributed by atoms with Crippen molar-refractivity contribution in [2.45, 2.75) is 37.1 Å². The molecule has 2 saturated heterocycles. The summed E-state index contributed by atoms with van der Waals surface area (Å²) < 4.78 is 16.5. The summed E-state index contributed by atoms with van der Waals surface area (Å²) in [6, 6.07) is 1.14. The van der Waals surface area contributed by atoms with Crippen LogP contribution < -0.4 is 0 Å². The van der Waals surface area contributed by atoms with E-state index in [0.29, 0.717) is 11.8 Å². The van der Waals surface area contributed by atoms with Gasteiger partial charge in [-0.1, -0.05) is 0 Å². The van der Waals surface area contributed by atoms with Gasteiger partial charge >= 0.3 is 0 Å². The Morgan fingerprint density at radius 3 is 2.77 bits per heavy atom. The molecular weight excluding hydrogens is 184 g/mol. The summed E-state index contributed by atoms with van der Waals surface area (Å²) >= 11 is 0. The lowest BCUT2D eigenvalue weighted by Crippen LogP contribution is -2.38. The summed E-state index contributed by atoms with van der Waals surface area (Å²) in [6.45, 7) is 1.88. The molecule has 4 heteroatoms. The lowest BCUT2D eigenvalue weighted by atomic mass is 10.2. The molecule has 0 aromatic heterocycles. The molecular formula is C9H18O3Si. The molecule has 76 valence electrons. The Morgan fingerprint density at radius 1 is 1.38 bits per heavy atom. The van der Waals surface area contributed by atoms with Crippen LogP contribution in [0.5, 0.6) is 0 Å². The average molecular weight is 202 g/mol. The van der Waals surface area contributed by atoms with E-state index in [9.17, 15) is 0 Å². The number of hydrogen-bond donors (Lipinski definition) is 0. The molecule has 3 atom stereocenters. The maximum atomic E-state index is 5.74. The van der Waals surface area contributed by atoms with Gasteiger partial charge in [-0.2, -0.15) is 0 Å². The Morgan fingerprint density at radius 2 is 2.23 bits per heavy atom. The molecule has 2 rings (SSSR count). The van der Waals surface area contributed by atoms with E-state index in [1.165, 1.54) is 19.3 Å². The Bertz CT molecular complexity index is 155. The fourth-order valence-corrected chi connectivity index (χ4v) is 4.47. The number of ether oxygens (including phenoxy) is 2. The molecule has 13 heavy (non-hydrogen) atoms. The van der Waals surface area contributed by atoms with E-state index in [-0.39, 0.29) is 0 Å². The molecule has 0 amide bonds. The maximum absolute atomic E-state index is 5.74. The van der Waals surface area contributed by atoms with E-state index >= 15 is 0 Å². The van der Waals surface area contributed by atoms with Gasteiger partial charge in [-0.3, -0.25) is 0 Å². The highest BCUT2D eigenvalue weighted by atomic mass is 28.3. The largest absolute Gasteiger partial charge is 0.420 e. The first-order chi connectivity index (χ1) is 6.40. The van der Waals surface area contributed by atoms with Crippen LogP contribution in [0, 0.1) is 0 Å². The summed E-state index contributed by atoms with van der Waals surface area (Å²) in [5.41, 5.74) is 0.447. The van der Waals surface area contributed by atoms with Crippen molar-refractivity contribution in [2.24, 2.45) is 0 Å². The molecule has 2 aliphatic rings. The second-order valence-corrected chi connectivity index (χ2v) is 6.63.